The minimum Gasteiger partial charge on any atom is -0.338 e. The first kappa shape index (κ1) is 21.3. The van der Waals surface area contributed by atoms with E-state index in [9.17, 15) is 9.59 Å². The van der Waals surface area contributed by atoms with Crippen molar-refractivity contribution in [1.29, 1.82) is 0 Å². The molecule has 4 aliphatic carbocycles. The second kappa shape index (κ2) is 8.77. The molecule has 0 radical (unpaired) electrons. The third kappa shape index (κ3) is 4.77. The van der Waals surface area contributed by atoms with E-state index < -0.39 is 0 Å². The molecule has 4 aliphatic rings. The Morgan fingerprint density at radius 2 is 1.75 bits per heavy atom. The van der Waals surface area contributed by atoms with E-state index in [1.807, 2.05) is 35.9 Å². The summed E-state index contributed by atoms with van der Waals surface area (Å²) in [4.78, 5) is 25.8. The Labute approximate surface area is 192 Å². The average molecular weight is 455 g/mol. The summed E-state index contributed by atoms with van der Waals surface area (Å²) in [6.45, 7) is 0.324. The zero-order chi connectivity index (χ0) is 22.1. The summed E-state index contributed by atoms with van der Waals surface area (Å²) in [5, 5.41) is 17.8. The van der Waals surface area contributed by atoms with Crippen molar-refractivity contribution in [1.82, 2.24) is 25.4 Å². The second-order valence-corrected chi connectivity index (χ2v) is 10.8. The van der Waals surface area contributed by atoms with E-state index in [4.69, 9.17) is 0 Å². The number of rotatable bonds is 7. The first-order chi connectivity index (χ1) is 15.5. The van der Waals surface area contributed by atoms with E-state index in [0.717, 1.165) is 52.8 Å². The van der Waals surface area contributed by atoms with Crippen LogP contribution in [0.4, 0.5) is 10.5 Å². The van der Waals surface area contributed by atoms with Crippen LogP contribution in [0.3, 0.4) is 0 Å². The molecule has 8 nitrogen and oxygen atoms in total. The van der Waals surface area contributed by atoms with E-state index in [-0.39, 0.29) is 23.9 Å². The molecular weight excluding hydrogens is 424 g/mol. The zero-order valence-electron chi connectivity index (χ0n) is 18.3. The first-order valence-electron chi connectivity index (χ1n) is 11.4. The van der Waals surface area contributed by atoms with Gasteiger partial charge in [0, 0.05) is 36.1 Å². The van der Waals surface area contributed by atoms with Crippen LogP contribution in [0, 0.1) is 17.8 Å². The van der Waals surface area contributed by atoms with Gasteiger partial charge in [-0.2, -0.15) is 0 Å². The lowest BCUT2D eigenvalue weighted by Crippen LogP contribution is -2.61. The van der Waals surface area contributed by atoms with Gasteiger partial charge in [-0.05, 0) is 92.3 Å². The molecule has 0 spiro atoms. The molecule has 0 saturated heterocycles. The maximum atomic E-state index is 12.5. The zero-order valence-corrected chi connectivity index (χ0v) is 19.2. The molecule has 4 fully saturated rings. The lowest BCUT2D eigenvalue weighted by Gasteiger charge is -2.56. The Morgan fingerprint density at radius 3 is 2.34 bits per heavy atom. The summed E-state index contributed by atoms with van der Waals surface area (Å²) in [7, 11) is 1.90. The molecule has 1 heterocycles. The molecule has 1 aromatic heterocycles. The Balaban J connectivity index is 1.04. The van der Waals surface area contributed by atoms with E-state index in [0.29, 0.717) is 6.54 Å². The minimum absolute atomic E-state index is 0.00809. The van der Waals surface area contributed by atoms with Gasteiger partial charge in [0.2, 0.25) is 5.91 Å². The largest absolute Gasteiger partial charge is 0.338 e. The number of aromatic nitrogens is 3. The summed E-state index contributed by atoms with van der Waals surface area (Å²) in [5.41, 5.74) is 0.724. The molecule has 170 valence electrons. The molecular formula is C23H30N6O2S. The molecule has 0 aliphatic heterocycles. The summed E-state index contributed by atoms with van der Waals surface area (Å²) < 4.78 is 1.85. The fraction of sp³-hybridized carbons (Fsp3) is 0.565. The first-order valence-corrected chi connectivity index (χ1v) is 12.3. The van der Waals surface area contributed by atoms with Gasteiger partial charge < -0.3 is 20.5 Å². The number of aryl methyl sites for hydroxylation is 1. The highest BCUT2D eigenvalue weighted by Gasteiger charge is 2.51. The molecule has 3 amide bonds. The van der Waals surface area contributed by atoms with Crippen molar-refractivity contribution in [3.05, 3.63) is 30.6 Å². The number of urea groups is 1. The highest BCUT2D eigenvalue weighted by atomic mass is 32.2. The van der Waals surface area contributed by atoms with Crippen LogP contribution in [0.25, 0.3) is 0 Å². The molecule has 32 heavy (non-hydrogen) atoms. The van der Waals surface area contributed by atoms with Crippen LogP contribution in [0.1, 0.15) is 44.9 Å². The van der Waals surface area contributed by atoms with Crippen molar-refractivity contribution in [2.75, 3.05) is 11.9 Å². The fourth-order valence-electron chi connectivity index (χ4n) is 6.14. The van der Waals surface area contributed by atoms with Crippen LogP contribution in [0.15, 0.2) is 40.6 Å². The molecule has 9 heteroatoms. The van der Waals surface area contributed by atoms with Gasteiger partial charge in [-0.15, -0.1) is 10.2 Å². The number of hydrogen-bond donors (Lipinski definition) is 3. The molecule has 0 atom stereocenters. The van der Waals surface area contributed by atoms with E-state index >= 15 is 0 Å². The van der Waals surface area contributed by atoms with Gasteiger partial charge in [-0.1, -0.05) is 0 Å². The molecule has 6 rings (SSSR count). The third-order valence-electron chi connectivity index (χ3n) is 7.07. The van der Waals surface area contributed by atoms with Crippen molar-refractivity contribution in [2.24, 2.45) is 24.8 Å². The standard InChI is InChI=1S/C23H30N6O2S/c1-29-14-25-28-22(29)32-19-4-2-18(3-5-19)26-20(30)6-7-24-21(31)27-23-11-15-8-16(12-23)10-17(9-15)13-23/h2-5,14-17H,6-13H2,1H3,(H,26,30)(H2,24,27,31). The predicted molar refractivity (Wildman–Crippen MR) is 122 cm³/mol. The molecule has 1 aromatic carbocycles. The third-order valence-corrected chi connectivity index (χ3v) is 8.13. The molecule has 3 N–H and O–H groups in total. The van der Waals surface area contributed by atoms with Gasteiger partial charge in [-0.3, -0.25) is 4.79 Å². The van der Waals surface area contributed by atoms with Crippen LogP contribution < -0.4 is 16.0 Å². The lowest BCUT2D eigenvalue weighted by atomic mass is 9.53. The van der Waals surface area contributed by atoms with Crippen LogP contribution in [0.5, 0.6) is 0 Å². The van der Waals surface area contributed by atoms with Crippen molar-refractivity contribution < 1.29 is 9.59 Å². The van der Waals surface area contributed by atoms with Gasteiger partial charge in [0.15, 0.2) is 5.16 Å². The quantitative estimate of drug-likeness (QED) is 0.594. The van der Waals surface area contributed by atoms with E-state index in [1.54, 1.807) is 6.33 Å². The van der Waals surface area contributed by atoms with Gasteiger partial charge in [0.25, 0.3) is 0 Å². The number of carbonyl (C=O) groups is 2. The number of benzene rings is 1. The van der Waals surface area contributed by atoms with Crippen LogP contribution in [-0.4, -0.2) is 38.8 Å². The Bertz CT molecular complexity index is 953. The number of nitrogens with zero attached hydrogens (tertiary/aromatic N) is 3. The number of carbonyl (C=O) groups excluding carboxylic acids is 2. The van der Waals surface area contributed by atoms with Crippen LogP contribution >= 0.6 is 11.8 Å². The van der Waals surface area contributed by atoms with Gasteiger partial charge in [0.1, 0.15) is 6.33 Å². The maximum Gasteiger partial charge on any atom is 0.315 e. The highest BCUT2D eigenvalue weighted by molar-refractivity contribution is 7.99. The predicted octanol–water partition coefficient (Wildman–Crippen LogP) is 3.56. The smallest absolute Gasteiger partial charge is 0.315 e. The van der Waals surface area contributed by atoms with Crippen molar-refractivity contribution in [3.63, 3.8) is 0 Å². The van der Waals surface area contributed by atoms with Crippen LogP contribution in [-0.2, 0) is 11.8 Å². The summed E-state index contributed by atoms with van der Waals surface area (Å²) in [6.07, 6.45) is 9.32. The topological polar surface area (TPSA) is 101 Å². The van der Waals surface area contributed by atoms with Gasteiger partial charge >= 0.3 is 6.03 Å². The Kier molecular flexibility index (Phi) is 5.84. The number of hydrogen-bond acceptors (Lipinski definition) is 5. The summed E-state index contributed by atoms with van der Waals surface area (Å²) in [5.74, 6) is 2.25. The SMILES string of the molecule is Cn1cnnc1Sc1ccc(NC(=O)CCNC(=O)NC23CC4CC(CC(C4)C2)C3)cc1. The fourth-order valence-corrected chi connectivity index (χ4v) is 6.90. The van der Waals surface area contributed by atoms with Gasteiger partial charge in [-0.25, -0.2) is 4.79 Å². The minimum atomic E-state index is -0.134. The Morgan fingerprint density at radius 1 is 1.09 bits per heavy atom. The van der Waals surface area contributed by atoms with Crippen molar-refractivity contribution in [3.8, 4) is 0 Å². The number of amides is 3. The number of nitrogens with one attached hydrogen (secondary N) is 3. The average Bonchev–Trinajstić information content (AvgIpc) is 3.12. The summed E-state index contributed by atoms with van der Waals surface area (Å²) in [6, 6.07) is 7.47. The van der Waals surface area contributed by atoms with E-state index in [2.05, 4.69) is 26.1 Å². The lowest BCUT2D eigenvalue weighted by molar-refractivity contribution is -0.116. The number of anilines is 1. The van der Waals surface area contributed by atoms with Crippen molar-refractivity contribution in [2.45, 2.75) is 60.5 Å². The van der Waals surface area contributed by atoms with E-state index in [1.165, 1.54) is 31.0 Å². The highest BCUT2D eigenvalue weighted by Crippen LogP contribution is 2.55. The Hall–Kier alpha value is -2.55. The summed E-state index contributed by atoms with van der Waals surface area (Å²) >= 11 is 1.51. The molecule has 4 bridgehead atoms. The molecule has 0 unspecified atom stereocenters. The molecule has 4 saturated carbocycles. The van der Waals surface area contributed by atoms with Crippen LogP contribution in [0.2, 0.25) is 0 Å². The maximum absolute atomic E-state index is 12.5. The normalized spacial score (nSPS) is 27.8. The molecule has 2 aromatic rings. The monoisotopic (exact) mass is 454 g/mol. The van der Waals surface area contributed by atoms with Crippen molar-refractivity contribution >= 4 is 29.4 Å². The van der Waals surface area contributed by atoms with Gasteiger partial charge in [0.05, 0.1) is 0 Å². The second-order valence-electron chi connectivity index (χ2n) is 9.73.